The van der Waals surface area contributed by atoms with Crippen LogP contribution in [0.15, 0.2) is 21.5 Å². The van der Waals surface area contributed by atoms with E-state index in [-0.39, 0.29) is 37.2 Å². The van der Waals surface area contributed by atoms with Crippen LogP contribution < -0.4 is 10.5 Å². The summed E-state index contributed by atoms with van der Waals surface area (Å²) in [7, 11) is -7.81. The number of rotatable bonds is 16. The first-order valence-electron chi connectivity index (χ1n) is 12.4. The van der Waals surface area contributed by atoms with E-state index in [2.05, 4.69) is 9.62 Å². The van der Waals surface area contributed by atoms with Crippen LogP contribution in [-0.4, -0.2) is 94.1 Å². The Hall–Kier alpha value is -1.04. The summed E-state index contributed by atoms with van der Waals surface area (Å²) in [5.41, 5.74) is -0.661. The monoisotopic (exact) mass is 599 g/mol. The van der Waals surface area contributed by atoms with E-state index >= 15 is 0 Å². The summed E-state index contributed by atoms with van der Waals surface area (Å²) in [5.74, 6) is -0.922. The number of nitrogens with one attached hydrogen (secondary N) is 1. The Bertz CT molecular complexity index is 1120. The molecule has 0 aromatic rings. The van der Waals surface area contributed by atoms with E-state index in [0.29, 0.717) is 25.9 Å². The van der Waals surface area contributed by atoms with Crippen LogP contribution in [0.2, 0.25) is 0 Å². The molecule has 0 amide bonds. The Morgan fingerprint density at radius 1 is 1.21 bits per heavy atom. The lowest BCUT2D eigenvalue weighted by Gasteiger charge is -2.33. The lowest BCUT2D eigenvalue weighted by molar-refractivity contribution is -0.162. The van der Waals surface area contributed by atoms with E-state index < -0.39 is 43.1 Å². The first kappa shape index (κ1) is 33.2. The summed E-state index contributed by atoms with van der Waals surface area (Å²) < 4.78 is 73.3. The highest BCUT2D eigenvalue weighted by molar-refractivity contribution is 8.01. The molecule has 2 rings (SSSR count). The molecule has 2 aliphatic rings. The second-order valence-electron chi connectivity index (χ2n) is 10.5. The molecule has 0 saturated carbocycles. The van der Waals surface area contributed by atoms with Crippen molar-refractivity contribution >= 4 is 38.1 Å². The van der Waals surface area contributed by atoms with Crippen molar-refractivity contribution in [2.24, 2.45) is 5.14 Å². The molecule has 1 aliphatic carbocycles. The third-order valence-corrected chi connectivity index (χ3v) is 8.86. The van der Waals surface area contributed by atoms with Crippen LogP contribution in [0.4, 0.5) is 0 Å². The highest BCUT2D eigenvalue weighted by Gasteiger charge is 2.33. The van der Waals surface area contributed by atoms with E-state index in [4.69, 9.17) is 23.9 Å². The molecule has 15 heteroatoms. The van der Waals surface area contributed by atoms with Gasteiger partial charge in [-0.05, 0) is 70.7 Å². The highest BCUT2D eigenvalue weighted by atomic mass is 32.2. The van der Waals surface area contributed by atoms with Gasteiger partial charge in [-0.15, -0.1) is 0 Å². The van der Waals surface area contributed by atoms with Crippen LogP contribution in [0.1, 0.15) is 53.9 Å². The van der Waals surface area contributed by atoms with E-state index in [1.165, 1.54) is 11.9 Å². The summed E-state index contributed by atoms with van der Waals surface area (Å²) in [6.07, 6.45) is 2.67. The van der Waals surface area contributed by atoms with Crippen molar-refractivity contribution in [1.82, 2.24) is 9.62 Å². The van der Waals surface area contributed by atoms with Gasteiger partial charge in [0.05, 0.1) is 35.1 Å². The van der Waals surface area contributed by atoms with Crippen molar-refractivity contribution in [2.75, 3.05) is 45.2 Å². The molecule has 1 atom stereocenters. The van der Waals surface area contributed by atoms with Crippen molar-refractivity contribution in [3.63, 3.8) is 0 Å². The third-order valence-electron chi connectivity index (χ3n) is 5.96. The minimum Gasteiger partial charge on any atom is -0.464 e. The SMILES string of the molecule is CCN[C@H]1CN(CCCOC(=O)COC(C)(C)COC(C)(C)CCS(=O)(=O)O)SC2=C1C=C(S(N)(=O)=O)C2. The molecule has 0 fully saturated rings. The van der Waals surface area contributed by atoms with Crippen LogP contribution >= 0.6 is 11.9 Å². The van der Waals surface area contributed by atoms with E-state index in [0.717, 1.165) is 17.0 Å². The average molecular weight is 600 g/mol. The predicted molar refractivity (Wildman–Crippen MR) is 146 cm³/mol. The zero-order chi connectivity index (χ0) is 28.8. The zero-order valence-corrected chi connectivity index (χ0v) is 25.1. The van der Waals surface area contributed by atoms with Gasteiger partial charge in [-0.3, -0.25) is 4.55 Å². The fourth-order valence-corrected chi connectivity index (χ4v) is 6.52. The standard InChI is InChI=1S/C23H41N3O9S3/c1-6-25-19-14-26(36-20-13-17(12-18(19)20)38(24,31)32)9-7-10-33-21(27)15-34-23(4,5)16-35-22(2,3)8-11-37(28,29)30/h12,19,25H,6-11,13-16H2,1-5H3,(H2,24,31,32)(H,28,29,30)/t19-/m0/s1. The smallest absolute Gasteiger partial charge is 0.332 e. The third kappa shape index (κ3) is 11.6. The molecule has 0 saturated heterocycles. The van der Waals surface area contributed by atoms with Gasteiger partial charge in [0.1, 0.15) is 6.61 Å². The highest BCUT2D eigenvalue weighted by Crippen LogP contribution is 2.42. The summed E-state index contributed by atoms with van der Waals surface area (Å²) in [6.45, 7) is 11.0. The van der Waals surface area contributed by atoms with Crippen LogP contribution in [0.3, 0.4) is 0 Å². The van der Waals surface area contributed by atoms with Crippen LogP contribution in [0, 0.1) is 0 Å². The molecule has 220 valence electrons. The largest absolute Gasteiger partial charge is 0.464 e. The van der Waals surface area contributed by atoms with Crippen molar-refractivity contribution in [3.8, 4) is 0 Å². The van der Waals surface area contributed by atoms with Gasteiger partial charge in [-0.25, -0.2) is 22.7 Å². The molecule has 0 spiro atoms. The Morgan fingerprint density at radius 3 is 2.50 bits per heavy atom. The van der Waals surface area contributed by atoms with Crippen molar-refractivity contribution < 1.29 is 40.4 Å². The number of carbonyl (C=O) groups is 1. The summed E-state index contributed by atoms with van der Waals surface area (Å²) in [6, 6.07) is -0.00563. The topological polar surface area (TPSA) is 175 Å². The van der Waals surface area contributed by atoms with Crippen molar-refractivity contribution in [3.05, 3.63) is 21.5 Å². The number of primary sulfonamides is 1. The van der Waals surface area contributed by atoms with E-state index in [9.17, 15) is 21.6 Å². The average Bonchev–Trinajstić information content (AvgIpc) is 3.23. The van der Waals surface area contributed by atoms with Gasteiger partial charge >= 0.3 is 5.97 Å². The fourth-order valence-electron chi connectivity index (χ4n) is 3.76. The van der Waals surface area contributed by atoms with Gasteiger partial charge in [0.15, 0.2) is 0 Å². The minimum atomic E-state index is -4.08. The molecule has 0 aromatic carbocycles. The van der Waals surface area contributed by atoms with Gasteiger partial charge in [0.2, 0.25) is 10.0 Å². The predicted octanol–water partition coefficient (Wildman–Crippen LogP) is 1.56. The number of likely N-dealkylation sites (N-methyl/N-ethyl adjacent to an activating group) is 1. The van der Waals surface area contributed by atoms with Crippen LogP contribution in [0.25, 0.3) is 0 Å². The van der Waals surface area contributed by atoms with Gasteiger partial charge < -0.3 is 19.5 Å². The normalized spacial score (nSPS) is 19.4. The zero-order valence-electron chi connectivity index (χ0n) is 22.7. The number of nitrogens with zero attached hydrogens (tertiary/aromatic N) is 1. The van der Waals surface area contributed by atoms with E-state index in [1.807, 2.05) is 6.92 Å². The van der Waals surface area contributed by atoms with Crippen LogP contribution in [0.5, 0.6) is 0 Å². The van der Waals surface area contributed by atoms with Gasteiger partial charge in [-0.1, -0.05) is 6.92 Å². The lowest BCUT2D eigenvalue weighted by atomic mass is 10.1. The molecular formula is C23H41N3O9S3. The first-order chi connectivity index (χ1) is 17.4. The van der Waals surface area contributed by atoms with Crippen LogP contribution in [-0.2, 0) is 39.1 Å². The number of nitrogens with two attached hydrogens (primary N) is 1. The second kappa shape index (κ2) is 13.5. The molecule has 1 aliphatic heterocycles. The number of carbonyl (C=O) groups excluding carboxylic acids is 1. The molecule has 12 nitrogen and oxygen atoms in total. The molecule has 0 bridgehead atoms. The number of allylic oxidation sites excluding steroid dienone is 2. The Labute approximate surface area is 230 Å². The summed E-state index contributed by atoms with van der Waals surface area (Å²) >= 11 is 1.51. The van der Waals surface area contributed by atoms with Gasteiger partial charge in [-0.2, -0.15) is 8.42 Å². The first-order valence-corrected chi connectivity index (χ1v) is 16.3. The summed E-state index contributed by atoms with van der Waals surface area (Å²) in [5, 5.41) is 8.72. The molecule has 0 unspecified atom stereocenters. The maximum Gasteiger partial charge on any atom is 0.332 e. The maximum absolute atomic E-state index is 12.2. The van der Waals surface area contributed by atoms with Gasteiger partial charge in [0.25, 0.3) is 10.1 Å². The summed E-state index contributed by atoms with van der Waals surface area (Å²) in [4.78, 5) is 13.4. The second-order valence-corrected chi connectivity index (χ2v) is 14.9. The Kier molecular flexibility index (Phi) is 11.8. The molecule has 38 heavy (non-hydrogen) atoms. The van der Waals surface area contributed by atoms with Crippen molar-refractivity contribution in [1.29, 1.82) is 0 Å². The Morgan fingerprint density at radius 2 is 1.89 bits per heavy atom. The number of ether oxygens (including phenoxy) is 3. The number of hydrogen-bond acceptors (Lipinski definition) is 11. The van der Waals surface area contributed by atoms with Gasteiger partial charge in [0, 0.05) is 30.5 Å². The molecule has 4 N–H and O–H groups in total. The minimum absolute atomic E-state index is 0.00563. The van der Waals surface area contributed by atoms with Crippen molar-refractivity contribution in [2.45, 2.75) is 71.1 Å². The number of sulfonamides is 1. The number of hydrogen-bond donors (Lipinski definition) is 3. The van der Waals surface area contributed by atoms with E-state index in [1.54, 1.807) is 33.8 Å². The quantitative estimate of drug-likeness (QED) is 0.101. The lowest BCUT2D eigenvalue weighted by Crippen LogP contribution is -2.42. The number of esters is 1. The molecule has 0 aromatic heterocycles. The Balaban J connectivity index is 1.72. The molecule has 1 heterocycles. The molecular weight excluding hydrogens is 558 g/mol. The maximum atomic E-state index is 12.2. The fraction of sp³-hybridized carbons (Fsp3) is 0.783. The molecule has 0 radical (unpaired) electrons.